The van der Waals surface area contributed by atoms with Crippen LogP contribution >= 0.6 is 0 Å². The highest BCUT2D eigenvalue weighted by Crippen LogP contribution is 2.49. The molecule has 0 fully saturated rings. The van der Waals surface area contributed by atoms with Crippen molar-refractivity contribution in [2.75, 3.05) is 7.05 Å². The Labute approximate surface area is 186 Å². The largest absolute Gasteiger partial charge is 0.487 e. The number of carbonyl (C=O) groups is 1. The number of fused-ring (bicyclic) bond motifs is 2. The maximum atomic E-state index is 13.2. The highest BCUT2D eigenvalue weighted by atomic mass is 19.4. The van der Waals surface area contributed by atoms with Gasteiger partial charge in [-0.2, -0.15) is 13.2 Å². The first-order valence-electron chi connectivity index (χ1n) is 10.2. The molecule has 5 nitrogen and oxygen atoms in total. The number of nitrogens with zero attached hydrogens (tertiary/aromatic N) is 2. The summed E-state index contributed by atoms with van der Waals surface area (Å²) in [5.41, 5.74) is 5.58. The first-order valence-corrected chi connectivity index (χ1v) is 10.2. The lowest BCUT2D eigenvalue weighted by molar-refractivity contribution is -0.133. The number of alkyl halides is 3. The highest BCUT2D eigenvalue weighted by Gasteiger charge is 2.55. The zero-order chi connectivity index (χ0) is 24.1. The van der Waals surface area contributed by atoms with Gasteiger partial charge in [0.2, 0.25) is 0 Å². The van der Waals surface area contributed by atoms with Crippen LogP contribution in [0.5, 0.6) is 5.75 Å². The fourth-order valence-corrected chi connectivity index (χ4v) is 3.96. The van der Waals surface area contributed by atoms with Crippen LogP contribution in [0.25, 0.3) is 5.57 Å². The lowest BCUT2D eigenvalue weighted by Gasteiger charge is -2.41. The first kappa shape index (κ1) is 23.6. The van der Waals surface area contributed by atoms with Gasteiger partial charge in [0.15, 0.2) is 11.5 Å². The van der Waals surface area contributed by atoms with E-state index in [9.17, 15) is 18.0 Å². The molecular weight excluding hydrogens is 419 g/mol. The summed E-state index contributed by atoms with van der Waals surface area (Å²) in [6.45, 7) is 8.47. The summed E-state index contributed by atoms with van der Waals surface area (Å²) in [5.74, 6) is 0.266. The molecule has 0 radical (unpaired) electrons. The molecule has 2 N–H and O–H groups in total. The van der Waals surface area contributed by atoms with Gasteiger partial charge in [-0.1, -0.05) is 23.8 Å². The Hall–Kier alpha value is -3.03. The third-order valence-corrected chi connectivity index (χ3v) is 5.55. The van der Waals surface area contributed by atoms with E-state index in [2.05, 4.69) is 4.99 Å². The predicted octanol–water partition coefficient (Wildman–Crippen LogP) is 5.09. The van der Waals surface area contributed by atoms with Crippen LogP contribution in [0.2, 0.25) is 0 Å². The van der Waals surface area contributed by atoms with Crippen molar-refractivity contribution in [3.8, 4) is 5.75 Å². The second-order valence-electron chi connectivity index (χ2n) is 9.14. The van der Waals surface area contributed by atoms with E-state index in [0.717, 1.165) is 18.6 Å². The SMILES string of the molecule is CC(C)=C/C=C(\C=C(/C)C(F)(F)F)c1ccc2c(c1)C1(CC(C)(C)O2)N=C(N)N(C)C1=O. The maximum absolute atomic E-state index is 13.2. The second-order valence-corrected chi connectivity index (χ2v) is 9.14. The molecule has 0 bridgehead atoms. The molecule has 1 aromatic rings. The minimum absolute atomic E-state index is 0.0946. The summed E-state index contributed by atoms with van der Waals surface area (Å²) < 4.78 is 45.8. The Morgan fingerprint density at radius 3 is 2.41 bits per heavy atom. The molecule has 1 spiro atoms. The Morgan fingerprint density at radius 1 is 1.22 bits per heavy atom. The zero-order valence-electron chi connectivity index (χ0n) is 19.1. The second kappa shape index (κ2) is 7.83. The van der Waals surface area contributed by atoms with Gasteiger partial charge in [0.25, 0.3) is 5.91 Å². The van der Waals surface area contributed by atoms with Crippen LogP contribution in [-0.2, 0) is 10.3 Å². The quantitative estimate of drug-likeness (QED) is 0.657. The molecule has 8 heteroatoms. The van der Waals surface area contributed by atoms with E-state index in [0.29, 0.717) is 22.4 Å². The van der Waals surface area contributed by atoms with Crippen LogP contribution in [-0.4, -0.2) is 35.6 Å². The van der Waals surface area contributed by atoms with Gasteiger partial charge < -0.3 is 10.5 Å². The molecule has 0 aromatic heterocycles. The van der Waals surface area contributed by atoms with Crippen LogP contribution in [0, 0.1) is 0 Å². The van der Waals surface area contributed by atoms with Crippen LogP contribution in [0.4, 0.5) is 13.2 Å². The van der Waals surface area contributed by atoms with Crippen molar-refractivity contribution in [2.45, 2.75) is 58.4 Å². The van der Waals surface area contributed by atoms with Gasteiger partial charge in [-0.25, -0.2) is 4.99 Å². The molecule has 2 aliphatic rings. The van der Waals surface area contributed by atoms with Gasteiger partial charge in [0.05, 0.1) is 0 Å². The molecule has 1 aromatic carbocycles. The molecular formula is C24H28F3N3O2. The number of rotatable bonds is 3. The van der Waals surface area contributed by atoms with E-state index in [-0.39, 0.29) is 18.3 Å². The lowest BCUT2D eigenvalue weighted by Crippen LogP contribution is -2.49. The Bertz CT molecular complexity index is 1080. The van der Waals surface area contributed by atoms with Crippen molar-refractivity contribution >= 4 is 17.4 Å². The smallest absolute Gasteiger partial charge is 0.412 e. The van der Waals surface area contributed by atoms with Crippen LogP contribution in [0.15, 0.2) is 52.6 Å². The topological polar surface area (TPSA) is 67.9 Å². The molecule has 2 aliphatic heterocycles. The molecule has 172 valence electrons. The normalized spacial score (nSPS) is 23.1. The molecule has 1 unspecified atom stereocenters. The number of hydrogen-bond acceptors (Lipinski definition) is 4. The fourth-order valence-electron chi connectivity index (χ4n) is 3.96. The number of hydrogen-bond donors (Lipinski definition) is 1. The molecule has 0 saturated carbocycles. The van der Waals surface area contributed by atoms with Crippen molar-refractivity contribution in [3.05, 3.63) is 58.7 Å². The van der Waals surface area contributed by atoms with Crippen molar-refractivity contribution < 1.29 is 22.7 Å². The molecule has 3 rings (SSSR count). The number of likely N-dealkylation sites (N-methyl/N-ethyl adjacent to an activating group) is 1. The summed E-state index contributed by atoms with van der Waals surface area (Å²) in [4.78, 5) is 19.1. The molecule has 1 atom stereocenters. The summed E-state index contributed by atoms with van der Waals surface area (Å²) in [6, 6.07) is 5.05. The zero-order valence-corrected chi connectivity index (χ0v) is 19.1. The van der Waals surface area contributed by atoms with E-state index < -0.39 is 22.9 Å². The van der Waals surface area contributed by atoms with Gasteiger partial charge >= 0.3 is 6.18 Å². The summed E-state index contributed by atoms with van der Waals surface area (Å²) >= 11 is 0. The van der Waals surface area contributed by atoms with Crippen LogP contribution in [0.3, 0.4) is 0 Å². The number of allylic oxidation sites excluding steroid dienone is 6. The van der Waals surface area contributed by atoms with Crippen molar-refractivity contribution in [1.82, 2.24) is 4.90 Å². The Kier molecular flexibility index (Phi) is 5.78. The summed E-state index contributed by atoms with van der Waals surface area (Å²) in [5, 5.41) is 0. The highest BCUT2D eigenvalue weighted by molar-refractivity contribution is 6.07. The Morgan fingerprint density at radius 2 is 1.88 bits per heavy atom. The van der Waals surface area contributed by atoms with E-state index in [1.54, 1.807) is 37.4 Å². The number of halogens is 3. The number of amides is 1. The Balaban J connectivity index is 2.23. The third-order valence-electron chi connectivity index (χ3n) is 5.55. The minimum atomic E-state index is -4.45. The predicted molar refractivity (Wildman–Crippen MR) is 119 cm³/mol. The van der Waals surface area contributed by atoms with Crippen LogP contribution < -0.4 is 10.5 Å². The number of aliphatic imine (C=N–C) groups is 1. The van der Waals surface area contributed by atoms with Gasteiger partial charge in [-0.15, -0.1) is 0 Å². The van der Waals surface area contributed by atoms with E-state index in [1.165, 1.54) is 4.90 Å². The van der Waals surface area contributed by atoms with Gasteiger partial charge in [0, 0.05) is 24.6 Å². The van der Waals surface area contributed by atoms with Crippen LogP contribution in [0.1, 0.15) is 52.2 Å². The first-order chi connectivity index (χ1) is 14.7. The van der Waals surface area contributed by atoms with Gasteiger partial charge in [-0.3, -0.25) is 9.69 Å². The summed E-state index contributed by atoms with van der Waals surface area (Å²) in [7, 11) is 1.55. The number of guanidine groups is 1. The van der Waals surface area contributed by atoms with Crippen molar-refractivity contribution in [1.29, 1.82) is 0 Å². The third kappa shape index (κ3) is 4.31. The van der Waals surface area contributed by atoms with E-state index in [1.807, 2.05) is 27.7 Å². The average Bonchev–Trinajstić information content (AvgIpc) is 2.87. The number of carbonyl (C=O) groups excluding carboxylic acids is 1. The summed E-state index contributed by atoms with van der Waals surface area (Å²) in [6.07, 6.45) is 0.281. The minimum Gasteiger partial charge on any atom is -0.487 e. The number of benzene rings is 1. The standard InChI is InChI=1S/C24H28F3N3O2/c1-14(2)7-8-16(11-15(3)24(25,26)27)17-9-10-19-18(12-17)23(13-22(4,5)32-19)20(31)30(6)21(28)29-23/h7-12H,13H2,1-6H3,(H2,28,29)/b15-11+,16-8+. The molecule has 0 aliphatic carbocycles. The number of nitrogens with two attached hydrogens (primary N) is 1. The van der Waals surface area contributed by atoms with E-state index >= 15 is 0 Å². The fraction of sp³-hybridized carbons (Fsp3) is 0.417. The maximum Gasteiger partial charge on any atom is 0.412 e. The lowest BCUT2D eigenvalue weighted by atomic mass is 9.76. The molecule has 2 heterocycles. The monoisotopic (exact) mass is 447 g/mol. The van der Waals surface area contributed by atoms with E-state index in [4.69, 9.17) is 10.5 Å². The van der Waals surface area contributed by atoms with Gasteiger partial charge in [0.1, 0.15) is 11.4 Å². The number of ether oxygens (including phenoxy) is 1. The molecule has 1 amide bonds. The molecule has 32 heavy (non-hydrogen) atoms. The van der Waals surface area contributed by atoms with Crippen molar-refractivity contribution in [3.63, 3.8) is 0 Å². The van der Waals surface area contributed by atoms with Gasteiger partial charge in [-0.05, 0) is 64.0 Å². The van der Waals surface area contributed by atoms with Crippen molar-refractivity contribution in [2.24, 2.45) is 10.7 Å². The molecule has 0 saturated heterocycles. The average molecular weight is 448 g/mol.